The van der Waals surface area contributed by atoms with E-state index in [2.05, 4.69) is 4.98 Å². The second-order valence-corrected chi connectivity index (χ2v) is 5.90. The molecule has 0 radical (unpaired) electrons. The number of benzene rings is 2. The zero-order chi connectivity index (χ0) is 19.4. The van der Waals surface area contributed by atoms with Crippen LogP contribution in [-0.4, -0.2) is 29.8 Å². The monoisotopic (exact) mass is 371 g/mol. The van der Waals surface area contributed by atoms with Gasteiger partial charge in [0.1, 0.15) is 17.3 Å². The van der Waals surface area contributed by atoms with Gasteiger partial charge in [0.25, 0.3) is 0 Å². The van der Waals surface area contributed by atoms with Crippen molar-refractivity contribution in [2.24, 2.45) is 0 Å². The van der Waals surface area contributed by atoms with Crippen molar-refractivity contribution in [2.45, 2.75) is 12.8 Å². The minimum absolute atomic E-state index is 0.0305. The van der Waals surface area contributed by atoms with Crippen molar-refractivity contribution >= 4 is 16.9 Å². The Kier molecular flexibility index (Phi) is 5.40. The minimum Gasteiger partial charge on any atom is -0.497 e. The minimum atomic E-state index is -0.917. The molecule has 0 saturated carbocycles. The van der Waals surface area contributed by atoms with E-state index in [1.54, 1.807) is 31.4 Å². The van der Waals surface area contributed by atoms with Gasteiger partial charge in [-0.15, -0.1) is 0 Å². The van der Waals surface area contributed by atoms with E-state index in [4.69, 9.17) is 14.6 Å². The molecule has 2 aromatic carbocycles. The fourth-order valence-corrected chi connectivity index (χ4v) is 2.78. The number of H-pyrrole nitrogens is 1. The maximum atomic E-state index is 14.4. The molecule has 27 heavy (non-hydrogen) atoms. The zero-order valence-corrected chi connectivity index (χ0v) is 14.6. The third kappa shape index (κ3) is 3.92. The number of methoxy groups -OCH3 is 1. The van der Waals surface area contributed by atoms with E-state index in [1.165, 1.54) is 18.3 Å². The summed E-state index contributed by atoms with van der Waals surface area (Å²) < 4.78 is 25.0. The summed E-state index contributed by atoms with van der Waals surface area (Å²) in [5.41, 5.74) is 0.744. The number of carboxylic acids is 1. The molecule has 0 saturated heterocycles. The van der Waals surface area contributed by atoms with Crippen LogP contribution in [0.1, 0.15) is 12.8 Å². The number of rotatable bonds is 7. The van der Waals surface area contributed by atoms with Gasteiger partial charge in [-0.25, -0.2) is 4.39 Å². The molecule has 0 atom stereocenters. The third-order valence-corrected chi connectivity index (χ3v) is 4.14. The highest BCUT2D eigenvalue weighted by Gasteiger charge is 2.15. The number of aromatic amines is 1. The van der Waals surface area contributed by atoms with E-state index in [1.807, 2.05) is 0 Å². The maximum absolute atomic E-state index is 14.4. The Morgan fingerprint density at radius 1 is 1.19 bits per heavy atom. The topological polar surface area (TPSA) is 88.6 Å². The molecule has 6 nitrogen and oxygen atoms in total. The van der Waals surface area contributed by atoms with E-state index >= 15 is 0 Å². The largest absolute Gasteiger partial charge is 0.497 e. The Morgan fingerprint density at radius 3 is 2.59 bits per heavy atom. The van der Waals surface area contributed by atoms with Gasteiger partial charge in [-0.05, 0) is 36.2 Å². The number of pyridine rings is 1. The number of nitrogens with one attached hydrogen (secondary N) is 1. The Bertz CT molecular complexity index is 1030. The summed E-state index contributed by atoms with van der Waals surface area (Å²) in [6.45, 7) is 0.148. The fraction of sp³-hybridized carbons (Fsp3) is 0.200. The van der Waals surface area contributed by atoms with Gasteiger partial charge in [-0.3, -0.25) is 9.59 Å². The van der Waals surface area contributed by atoms with Crippen LogP contribution < -0.4 is 14.9 Å². The van der Waals surface area contributed by atoms with E-state index in [-0.39, 0.29) is 23.9 Å². The van der Waals surface area contributed by atoms with Gasteiger partial charge in [0.2, 0.25) is 0 Å². The SMILES string of the molecule is COc1ccc(-c2c[nH]c3c(OCCCC(=O)O)ccc(F)c3c2=O)cc1. The summed E-state index contributed by atoms with van der Waals surface area (Å²) in [7, 11) is 1.55. The smallest absolute Gasteiger partial charge is 0.303 e. The molecule has 140 valence electrons. The average molecular weight is 371 g/mol. The van der Waals surface area contributed by atoms with Crippen molar-refractivity contribution in [3.05, 3.63) is 58.6 Å². The number of aromatic nitrogens is 1. The van der Waals surface area contributed by atoms with Crippen LogP contribution >= 0.6 is 0 Å². The highest BCUT2D eigenvalue weighted by Crippen LogP contribution is 2.27. The number of hydrogen-bond donors (Lipinski definition) is 2. The lowest BCUT2D eigenvalue weighted by atomic mass is 10.0. The molecule has 0 unspecified atom stereocenters. The van der Waals surface area contributed by atoms with Crippen molar-refractivity contribution in [1.82, 2.24) is 4.98 Å². The molecule has 0 amide bonds. The molecule has 3 aromatic rings. The second-order valence-electron chi connectivity index (χ2n) is 5.90. The first-order chi connectivity index (χ1) is 13.0. The fourth-order valence-electron chi connectivity index (χ4n) is 2.78. The number of carbonyl (C=O) groups is 1. The molecule has 1 heterocycles. The van der Waals surface area contributed by atoms with Gasteiger partial charge < -0.3 is 19.6 Å². The number of fused-ring (bicyclic) bond motifs is 1. The first-order valence-corrected chi connectivity index (χ1v) is 8.34. The highest BCUT2D eigenvalue weighted by molar-refractivity contribution is 5.88. The van der Waals surface area contributed by atoms with Gasteiger partial charge in [0, 0.05) is 18.2 Å². The average Bonchev–Trinajstić information content (AvgIpc) is 2.67. The highest BCUT2D eigenvalue weighted by atomic mass is 19.1. The molecule has 0 aliphatic carbocycles. The summed E-state index contributed by atoms with van der Waals surface area (Å²) in [6.07, 6.45) is 1.79. The Balaban J connectivity index is 1.98. The van der Waals surface area contributed by atoms with Gasteiger partial charge >= 0.3 is 5.97 Å². The predicted molar refractivity (Wildman–Crippen MR) is 98.9 cm³/mol. The van der Waals surface area contributed by atoms with Crippen molar-refractivity contribution in [3.8, 4) is 22.6 Å². The van der Waals surface area contributed by atoms with Gasteiger partial charge in [0.15, 0.2) is 5.43 Å². The Hall–Kier alpha value is -3.35. The summed E-state index contributed by atoms with van der Waals surface area (Å²) in [4.78, 5) is 26.3. The number of aliphatic carboxylic acids is 1. The zero-order valence-electron chi connectivity index (χ0n) is 14.6. The Morgan fingerprint density at radius 2 is 1.93 bits per heavy atom. The molecule has 0 aliphatic heterocycles. The van der Waals surface area contributed by atoms with E-state index < -0.39 is 17.2 Å². The number of hydrogen-bond acceptors (Lipinski definition) is 4. The predicted octanol–water partition coefficient (Wildman–Crippen LogP) is 3.59. The molecule has 3 rings (SSSR count). The van der Waals surface area contributed by atoms with Crippen molar-refractivity contribution in [3.63, 3.8) is 0 Å². The summed E-state index contributed by atoms with van der Waals surface area (Å²) >= 11 is 0. The standard InChI is InChI=1S/C20H18FNO5/c1-26-13-6-4-12(5-7-13)14-11-22-19-16(27-10-2-3-17(23)24)9-8-15(21)18(19)20(14)25/h4-9,11H,2-3,10H2,1H3,(H,22,25)(H,23,24). The van der Waals surface area contributed by atoms with E-state index in [0.717, 1.165) is 0 Å². The molecular formula is C20H18FNO5. The van der Waals surface area contributed by atoms with Crippen LogP contribution in [0.4, 0.5) is 4.39 Å². The first-order valence-electron chi connectivity index (χ1n) is 8.34. The third-order valence-electron chi connectivity index (χ3n) is 4.14. The lowest BCUT2D eigenvalue weighted by Crippen LogP contribution is -2.10. The van der Waals surface area contributed by atoms with Crippen LogP contribution in [0, 0.1) is 5.82 Å². The first kappa shape index (κ1) is 18.4. The Labute approximate surface area is 154 Å². The summed E-state index contributed by atoms with van der Waals surface area (Å²) in [5, 5.41) is 8.57. The molecule has 0 aliphatic rings. The second kappa shape index (κ2) is 7.90. The van der Waals surface area contributed by atoms with Gasteiger partial charge in [-0.1, -0.05) is 12.1 Å². The van der Waals surface area contributed by atoms with E-state index in [9.17, 15) is 14.0 Å². The van der Waals surface area contributed by atoms with Crippen LogP contribution in [-0.2, 0) is 4.79 Å². The molecule has 1 aromatic heterocycles. The van der Waals surface area contributed by atoms with Gasteiger partial charge in [-0.2, -0.15) is 0 Å². The van der Waals surface area contributed by atoms with Crippen LogP contribution in [0.25, 0.3) is 22.0 Å². The molecule has 2 N–H and O–H groups in total. The van der Waals surface area contributed by atoms with E-state index in [0.29, 0.717) is 29.0 Å². The van der Waals surface area contributed by atoms with Crippen LogP contribution in [0.15, 0.2) is 47.4 Å². The van der Waals surface area contributed by atoms with Crippen molar-refractivity contribution in [1.29, 1.82) is 0 Å². The summed E-state index contributed by atoms with van der Waals surface area (Å²) in [6, 6.07) is 9.47. The van der Waals surface area contributed by atoms with Crippen LogP contribution in [0.2, 0.25) is 0 Å². The summed E-state index contributed by atoms with van der Waals surface area (Å²) in [5.74, 6) is -0.617. The lowest BCUT2D eigenvalue weighted by Gasteiger charge is -2.11. The van der Waals surface area contributed by atoms with Crippen LogP contribution in [0.5, 0.6) is 11.5 Å². The number of ether oxygens (including phenoxy) is 2. The number of carboxylic acid groups (broad SMARTS) is 1. The molecule has 0 bridgehead atoms. The molecular weight excluding hydrogens is 353 g/mol. The molecule has 0 fully saturated rings. The molecule has 0 spiro atoms. The molecule has 7 heteroatoms. The lowest BCUT2D eigenvalue weighted by molar-refractivity contribution is -0.137. The van der Waals surface area contributed by atoms with Crippen LogP contribution in [0.3, 0.4) is 0 Å². The number of halogens is 1. The van der Waals surface area contributed by atoms with Crippen molar-refractivity contribution < 1.29 is 23.8 Å². The van der Waals surface area contributed by atoms with Crippen molar-refractivity contribution in [2.75, 3.05) is 13.7 Å². The quantitative estimate of drug-likeness (QED) is 0.620. The normalized spacial score (nSPS) is 10.7. The maximum Gasteiger partial charge on any atom is 0.303 e. The van der Waals surface area contributed by atoms with Gasteiger partial charge in [0.05, 0.1) is 24.6 Å².